The molecule has 4 rings (SSSR count). The van der Waals surface area contributed by atoms with Gasteiger partial charge in [0.15, 0.2) is 0 Å². The fraction of sp³-hybridized carbons (Fsp3) is 0.0526. The predicted octanol–water partition coefficient (Wildman–Crippen LogP) is 4.10. The molecule has 2 nitrogen and oxygen atoms in total. The first-order valence-electron chi connectivity index (χ1n) is 7.06. The maximum absolute atomic E-state index is 4.85. The quantitative estimate of drug-likeness (QED) is 0.653. The van der Waals surface area contributed by atoms with Crippen LogP contribution in [0.2, 0.25) is 0 Å². The highest BCUT2D eigenvalue weighted by Gasteiger charge is 2.18. The number of aromatic nitrogens is 1. The molecule has 0 spiro atoms. The minimum atomic E-state index is 0.703. The van der Waals surface area contributed by atoms with E-state index in [9.17, 15) is 0 Å². The summed E-state index contributed by atoms with van der Waals surface area (Å²) in [5.41, 5.74) is 6.99. The second-order valence-electron chi connectivity index (χ2n) is 5.11. The maximum atomic E-state index is 4.85. The third-order valence-corrected chi connectivity index (χ3v) is 3.84. The zero-order valence-electron chi connectivity index (χ0n) is 11.5. The molecule has 0 atom stereocenters. The average molecular weight is 270 g/mol. The van der Waals surface area contributed by atoms with Gasteiger partial charge in [-0.15, -0.1) is 0 Å². The SMILES string of the molecule is c1ccc(C2=NCc3ccccc3-c3ccncc32)cc1. The lowest BCUT2D eigenvalue weighted by Gasteiger charge is -2.10. The highest BCUT2D eigenvalue weighted by molar-refractivity contribution is 6.16. The van der Waals surface area contributed by atoms with Gasteiger partial charge in [0.2, 0.25) is 0 Å². The summed E-state index contributed by atoms with van der Waals surface area (Å²) in [4.78, 5) is 9.16. The van der Waals surface area contributed by atoms with Crippen LogP contribution in [0.25, 0.3) is 11.1 Å². The Morgan fingerprint density at radius 3 is 2.43 bits per heavy atom. The molecule has 0 unspecified atom stereocenters. The Morgan fingerprint density at radius 1 is 0.714 bits per heavy atom. The number of fused-ring (bicyclic) bond motifs is 3. The van der Waals surface area contributed by atoms with Crippen LogP contribution in [0.1, 0.15) is 16.7 Å². The molecule has 0 saturated carbocycles. The van der Waals surface area contributed by atoms with Gasteiger partial charge in [0, 0.05) is 23.5 Å². The molecule has 100 valence electrons. The van der Waals surface area contributed by atoms with Crippen molar-refractivity contribution in [2.75, 3.05) is 0 Å². The van der Waals surface area contributed by atoms with E-state index in [0.717, 1.165) is 16.8 Å². The van der Waals surface area contributed by atoms with E-state index in [1.165, 1.54) is 16.7 Å². The molecule has 2 heterocycles. The summed E-state index contributed by atoms with van der Waals surface area (Å²) in [5.74, 6) is 0. The van der Waals surface area contributed by atoms with Crippen molar-refractivity contribution in [3.63, 3.8) is 0 Å². The molecule has 3 aromatic rings. The van der Waals surface area contributed by atoms with E-state index in [1.54, 1.807) is 0 Å². The fourth-order valence-corrected chi connectivity index (χ4v) is 2.83. The van der Waals surface area contributed by atoms with Crippen molar-refractivity contribution in [1.29, 1.82) is 0 Å². The molecular weight excluding hydrogens is 256 g/mol. The molecule has 0 fully saturated rings. The highest BCUT2D eigenvalue weighted by Crippen LogP contribution is 2.31. The van der Waals surface area contributed by atoms with Gasteiger partial charge >= 0.3 is 0 Å². The van der Waals surface area contributed by atoms with Gasteiger partial charge in [0.25, 0.3) is 0 Å². The van der Waals surface area contributed by atoms with Crippen LogP contribution >= 0.6 is 0 Å². The number of nitrogens with zero attached hydrogens (tertiary/aromatic N) is 2. The van der Waals surface area contributed by atoms with Crippen LogP contribution < -0.4 is 0 Å². The molecular formula is C19H14N2. The van der Waals surface area contributed by atoms with Gasteiger partial charge in [-0.2, -0.15) is 0 Å². The van der Waals surface area contributed by atoms with E-state index in [4.69, 9.17) is 4.99 Å². The first-order chi connectivity index (χ1) is 10.4. The van der Waals surface area contributed by atoms with E-state index in [0.29, 0.717) is 6.54 Å². The van der Waals surface area contributed by atoms with Crippen molar-refractivity contribution in [3.8, 4) is 11.1 Å². The minimum Gasteiger partial charge on any atom is -0.279 e. The summed E-state index contributed by atoms with van der Waals surface area (Å²) >= 11 is 0. The van der Waals surface area contributed by atoms with E-state index in [2.05, 4.69) is 47.4 Å². The Bertz CT molecular complexity index is 820. The van der Waals surface area contributed by atoms with Gasteiger partial charge in [0.05, 0.1) is 12.3 Å². The molecule has 0 radical (unpaired) electrons. The molecule has 0 amide bonds. The molecule has 2 aromatic carbocycles. The first-order valence-corrected chi connectivity index (χ1v) is 7.06. The van der Waals surface area contributed by atoms with Gasteiger partial charge in [-0.05, 0) is 22.8 Å². The number of hydrogen-bond donors (Lipinski definition) is 0. The highest BCUT2D eigenvalue weighted by atomic mass is 14.8. The summed E-state index contributed by atoms with van der Waals surface area (Å²) in [6.07, 6.45) is 3.77. The van der Waals surface area contributed by atoms with E-state index in [-0.39, 0.29) is 0 Å². The standard InChI is InChI=1S/C19H14N2/c1-2-6-14(7-3-1)19-18-13-20-11-10-17(18)16-9-5-4-8-15(16)12-21-19/h1-11,13H,12H2. The van der Waals surface area contributed by atoms with Crippen LogP contribution in [0.3, 0.4) is 0 Å². The predicted molar refractivity (Wildman–Crippen MR) is 85.5 cm³/mol. The van der Waals surface area contributed by atoms with E-state index >= 15 is 0 Å². The van der Waals surface area contributed by atoms with Crippen molar-refractivity contribution in [2.45, 2.75) is 6.54 Å². The second kappa shape index (κ2) is 4.98. The monoisotopic (exact) mass is 270 g/mol. The van der Waals surface area contributed by atoms with Crippen LogP contribution in [0.5, 0.6) is 0 Å². The second-order valence-corrected chi connectivity index (χ2v) is 5.11. The van der Waals surface area contributed by atoms with Crippen LogP contribution in [-0.2, 0) is 6.54 Å². The lowest BCUT2D eigenvalue weighted by atomic mass is 9.94. The number of benzene rings is 2. The lowest BCUT2D eigenvalue weighted by molar-refractivity contribution is 1.08. The Morgan fingerprint density at radius 2 is 1.52 bits per heavy atom. The Hall–Kier alpha value is -2.74. The van der Waals surface area contributed by atoms with Crippen LogP contribution in [-0.4, -0.2) is 10.7 Å². The fourth-order valence-electron chi connectivity index (χ4n) is 2.83. The third kappa shape index (κ3) is 2.05. The molecule has 0 aliphatic carbocycles. The van der Waals surface area contributed by atoms with E-state index in [1.807, 2.05) is 30.6 Å². The van der Waals surface area contributed by atoms with Crippen LogP contribution in [0.4, 0.5) is 0 Å². The number of pyridine rings is 1. The molecule has 0 saturated heterocycles. The summed E-state index contributed by atoms with van der Waals surface area (Å²) in [7, 11) is 0. The van der Waals surface area contributed by atoms with Crippen molar-refractivity contribution in [3.05, 3.63) is 89.7 Å². The van der Waals surface area contributed by atoms with Crippen molar-refractivity contribution < 1.29 is 0 Å². The molecule has 0 N–H and O–H groups in total. The number of rotatable bonds is 1. The van der Waals surface area contributed by atoms with Crippen molar-refractivity contribution in [2.24, 2.45) is 4.99 Å². The number of hydrogen-bond acceptors (Lipinski definition) is 2. The Kier molecular flexibility index (Phi) is 2.86. The molecule has 1 aliphatic heterocycles. The largest absolute Gasteiger partial charge is 0.279 e. The summed E-state index contributed by atoms with van der Waals surface area (Å²) in [5, 5.41) is 0. The topological polar surface area (TPSA) is 25.2 Å². The summed E-state index contributed by atoms with van der Waals surface area (Å²) in [6, 6.07) is 20.9. The molecule has 1 aromatic heterocycles. The van der Waals surface area contributed by atoms with Crippen LogP contribution in [0.15, 0.2) is 78.0 Å². The van der Waals surface area contributed by atoms with Crippen molar-refractivity contribution >= 4 is 5.71 Å². The summed E-state index contributed by atoms with van der Waals surface area (Å²) in [6.45, 7) is 0.703. The molecule has 2 heteroatoms. The maximum Gasteiger partial charge on any atom is 0.0744 e. The van der Waals surface area contributed by atoms with Gasteiger partial charge in [-0.1, -0.05) is 54.6 Å². The third-order valence-electron chi connectivity index (χ3n) is 3.84. The van der Waals surface area contributed by atoms with Gasteiger partial charge in [0.1, 0.15) is 0 Å². The normalized spacial score (nSPS) is 12.9. The molecule has 0 bridgehead atoms. The average Bonchev–Trinajstić information content (AvgIpc) is 2.73. The smallest absolute Gasteiger partial charge is 0.0744 e. The van der Waals surface area contributed by atoms with Crippen LogP contribution in [0, 0.1) is 0 Å². The van der Waals surface area contributed by atoms with Gasteiger partial charge in [-0.25, -0.2) is 0 Å². The zero-order valence-corrected chi connectivity index (χ0v) is 11.5. The van der Waals surface area contributed by atoms with Gasteiger partial charge in [-0.3, -0.25) is 9.98 Å². The molecule has 1 aliphatic rings. The Labute approximate surface area is 123 Å². The minimum absolute atomic E-state index is 0.703. The summed E-state index contributed by atoms with van der Waals surface area (Å²) < 4.78 is 0. The molecule has 21 heavy (non-hydrogen) atoms. The first kappa shape index (κ1) is 12.0. The Balaban J connectivity index is 1.99. The van der Waals surface area contributed by atoms with E-state index < -0.39 is 0 Å². The van der Waals surface area contributed by atoms with Gasteiger partial charge < -0.3 is 0 Å². The number of aliphatic imine (C=N–C) groups is 1. The lowest BCUT2D eigenvalue weighted by Crippen LogP contribution is -2.04. The van der Waals surface area contributed by atoms with Crippen molar-refractivity contribution in [1.82, 2.24) is 4.98 Å². The zero-order chi connectivity index (χ0) is 14.1.